The van der Waals surface area contributed by atoms with Crippen LogP contribution in [0.2, 0.25) is 10.0 Å². The highest BCUT2D eigenvalue weighted by molar-refractivity contribution is 6.42. The first-order valence-corrected chi connectivity index (χ1v) is 10.8. The maximum atomic E-state index is 13.2. The lowest BCUT2D eigenvalue weighted by Crippen LogP contribution is -2.50. The summed E-state index contributed by atoms with van der Waals surface area (Å²) >= 11 is 12.1. The number of nitrogens with zero attached hydrogens (tertiary/aromatic N) is 1. The van der Waals surface area contributed by atoms with Gasteiger partial charge < -0.3 is 10.2 Å². The van der Waals surface area contributed by atoms with E-state index in [1.165, 1.54) is 0 Å². The Balaban J connectivity index is 2.19. The Labute approximate surface area is 183 Å². The van der Waals surface area contributed by atoms with Gasteiger partial charge >= 0.3 is 0 Å². The zero-order valence-corrected chi connectivity index (χ0v) is 18.5. The molecule has 0 unspecified atom stereocenters. The van der Waals surface area contributed by atoms with E-state index in [4.69, 9.17) is 23.2 Å². The van der Waals surface area contributed by atoms with Crippen LogP contribution in [0.4, 0.5) is 0 Å². The van der Waals surface area contributed by atoms with Crippen LogP contribution >= 0.6 is 23.2 Å². The van der Waals surface area contributed by atoms with Crippen molar-refractivity contribution in [3.05, 3.63) is 69.7 Å². The molecule has 6 heteroatoms. The molecule has 0 aliphatic rings. The first-order chi connectivity index (χ1) is 14.0. The minimum absolute atomic E-state index is 0.0992. The van der Waals surface area contributed by atoms with Gasteiger partial charge in [0.2, 0.25) is 11.8 Å². The van der Waals surface area contributed by atoms with Crippen molar-refractivity contribution < 1.29 is 9.59 Å². The molecule has 2 aromatic rings. The van der Waals surface area contributed by atoms with Crippen molar-refractivity contribution in [3.8, 4) is 0 Å². The number of carbonyl (C=O) groups excluding carboxylic acids is 2. The maximum absolute atomic E-state index is 13.2. The predicted octanol–water partition coefficient (Wildman–Crippen LogP) is 4.91. The van der Waals surface area contributed by atoms with Gasteiger partial charge in [-0.15, -0.1) is 0 Å². The van der Waals surface area contributed by atoms with Crippen molar-refractivity contribution in [1.29, 1.82) is 0 Å². The molecule has 156 valence electrons. The fraction of sp³-hybridized carbons (Fsp3) is 0.391. The Morgan fingerprint density at radius 2 is 1.72 bits per heavy atom. The van der Waals surface area contributed by atoms with Crippen LogP contribution in [-0.2, 0) is 22.4 Å². The van der Waals surface area contributed by atoms with Crippen LogP contribution in [-0.4, -0.2) is 35.8 Å². The molecule has 0 aliphatic heterocycles. The Bertz CT molecular complexity index is 812. The van der Waals surface area contributed by atoms with Crippen LogP contribution in [0.3, 0.4) is 0 Å². The number of carbonyl (C=O) groups is 2. The van der Waals surface area contributed by atoms with Gasteiger partial charge in [0.1, 0.15) is 6.04 Å². The Kier molecular flexibility index (Phi) is 9.49. The van der Waals surface area contributed by atoms with Crippen molar-refractivity contribution in [2.45, 2.75) is 45.6 Å². The van der Waals surface area contributed by atoms with Crippen LogP contribution in [0.5, 0.6) is 0 Å². The summed E-state index contributed by atoms with van der Waals surface area (Å²) in [4.78, 5) is 27.6. The molecule has 1 N–H and O–H groups in total. The molecule has 2 rings (SSSR count). The molecule has 0 aliphatic carbocycles. The molecule has 1 atom stereocenters. The second kappa shape index (κ2) is 11.8. The number of rotatable bonds is 10. The summed E-state index contributed by atoms with van der Waals surface area (Å²) in [5.41, 5.74) is 1.90. The number of hydrogen-bond acceptors (Lipinski definition) is 2. The molecule has 0 saturated heterocycles. The van der Waals surface area contributed by atoms with Crippen molar-refractivity contribution in [2.75, 3.05) is 13.1 Å². The predicted molar refractivity (Wildman–Crippen MR) is 119 cm³/mol. The molecule has 0 bridgehead atoms. The molecule has 0 radical (unpaired) electrons. The van der Waals surface area contributed by atoms with Gasteiger partial charge in [0.05, 0.1) is 16.5 Å². The van der Waals surface area contributed by atoms with E-state index in [0.717, 1.165) is 17.5 Å². The first kappa shape index (κ1) is 23.2. The van der Waals surface area contributed by atoms with Gasteiger partial charge in [-0.05, 0) is 42.5 Å². The zero-order chi connectivity index (χ0) is 21.2. The first-order valence-electron chi connectivity index (χ1n) is 10.0. The molecular weight excluding hydrogens is 407 g/mol. The zero-order valence-electron chi connectivity index (χ0n) is 17.0. The molecule has 0 fully saturated rings. The summed E-state index contributed by atoms with van der Waals surface area (Å²) in [6.07, 6.45) is 2.26. The van der Waals surface area contributed by atoms with Crippen LogP contribution in [0.25, 0.3) is 0 Å². The Morgan fingerprint density at radius 3 is 2.34 bits per heavy atom. The minimum Gasteiger partial charge on any atom is -0.354 e. The lowest BCUT2D eigenvalue weighted by Gasteiger charge is -2.30. The molecule has 0 heterocycles. The minimum atomic E-state index is -0.500. The summed E-state index contributed by atoms with van der Waals surface area (Å²) in [5.74, 6) is -0.206. The molecule has 4 nitrogen and oxygen atoms in total. The highest BCUT2D eigenvalue weighted by Gasteiger charge is 2.28. The highest BCUT2D eigenvalue weighted by Crippen LogP contribution is 2.23. The second-order valence-corrected chi connectivity index (χ2v) is 7.78. The molecule has 29 heavy (non-hydrogen) atoms. The van der Waals surface area contributed by atoms with Crippen molar-refractivity contribution in [1.82, 2.24) is 10.2 Å². The van der Waals surface area contributed by atoms with Gasteiger partial charge in [0.25, 0.3) is 0 Å². The quantitative estimate of drug-likeness (QED) is 0.577. The van der Waals surface area contributed by atoms with Crippen LogP contribution in [0.1, 0.15) is 37.8 Å². The Hall–Kier alpha value is -2.04. The van der Waals surface area contributed by atoms with E-state index in [0.29, 0.717) is 36.0 Å². The summed E-state index contributed by atoms with van der Waals surface area (Å²) in [6.45, 7) is 5.01. The molecule has 2 aromatic carbocycles. The number of halogens is 2. The van der Waals surface area contributed by atoms with E-state index in [-0.39, 0.29) is 18.2 Å². The lowest BCUT2D eigenvalue weighted by molar-refractivity contribution is -0.140. The van der Waals surface area contributed by atoms with Gasteiger partial charge in [-0.2, -0.15) is 0 Å². The van der Waals surface area contributed by atoms with Gasteiger partial charge in [-0.1, -0.05) is 73.4 Å². The number of nitrogens with one attached hydrogen (secondary N) is 1. The van der Waals surface area contributed by atoms with E-state index in [2.05, 4.69) is 5.32 Å². The van der Waals surface area contributed by atoms with Gasteiger partial charge in [0, 0.05) is 13.1 Å². The van der Waals surface area contributed by atoms with E-state index in [1.807, 2.05) is 44.2 Å². The van der Waals surface area contributed by atoms with Crippen molar-refractivity contribution in [3.63, 3.8) is 0 Å². The monoisotopic (exact) mass is 434 g/mol. The summed E-state index contributed by atoms with van der Waals surface area (Å²) in [5, 5.41) is 3.80. The molecule has 2 amide bonds. The average Bonchev–Trinajstić information content (AvgIpc) is 2.72. The summed E-state index contributed by atoms with van der Waals surface area (Å²) in [7, 11) is 0. The van der Waals surface area contributed by atoms with E-state index in [9.17, 15) is 9.59 Å². The molecule has 0 saturated carbocycles. The van der Waals surface area contributed by atoms with Crippen LogP contribution in [0, 0.1) is 0 Å². The van der Waals surface area contributed by atoms with Gasteiger partial charge in [-0.3, -0.25) is 9.59 Å². The van der Waals surface area contributed by atoms with Gasteiger partial charge in [0.15, 0.2) is 0 Å². The standard InChI is InChI=1S/C23H28Cl2N2O2/c1-3-13-26-23(29)21(4-2)27(14-12-17-8-6-5-7-9-17)22(28)16-18-10-11-19(24)20(25)15-18/h5-11,15,21H,3-4,12-14,16H2,1-2H3,(H,26,29)/t21-/m1/s1. The molecule has 0 spiro atoms. The van der Waals surface area contributed by atoms with Crippen molar-refractivity contribution in [2.24, 2.45) is 0 Å². The number of amides is 2. The second-order valence-electron chi connectivity index (χ2n) is 6.96. The van der Waals surface area contributed by atoms with Crippen molar-refractivity contribution >= 4 is 35.0 Å². The fourth-order valence-corrected chi connectivity index (χ4v) is 3.51. The van der Waals surface area contributed by atoms with Crippen LogP contribution in [0.15, 0.2) is 48.5 Å². The highest BCUT2D eigenvalue weighted by atomic mass is 35.5. The lowest BCUT2D eigenvalue weighted by atomic mass is 10.1. The third kappa shape index (κ3) is 7.06. The SMILES string of the molecule is CCCNC(=O)[C@@H](CC)N(CCc1ccccc1)C(=O)Cc1ccc(Cl)c(Cl)c1. The third-order valence-electron chi connectivity index (χ3n) is 4.76. The number of hydrogen-bond donors (Lipinski definition) is 1. The van der Waals surface area contributed by atoms with E-state index >= 15 is 0 Å². The largest absolute Gasteiger partial charge is 0.354 e. The van der Waals surface area contributed by atoms with Crippen LogP contribution < -0.4 is 5.32 Å². The number of benzene rings is 2. The van der Waals surface area contributed by atoms with E-state index in [1.54, 1.807) is 23.1 Å². The fourth-order valence-electron chi connectivity index (χ4n) is 3.19. The van der Waals surface area contributed by atoms with Gasteiger partial charge in [-0.25, -0.2) is 0 Å². The van der Waals surface area contributed by atoms with E-state index < -0.39 is 6.04 Å². The smallest absolute Gasteiger partial charge is 0.242 e. The normalized spacial score (nSPS) is 11.7. The maximum Gasteiger partial charge on any atom is 0.242 e. The molecular formula is C23H28Cl2N2O2. The topological polar surface area (TPSA) is 49.4 Å². The third-order valence-corrected chi connectivity index (χ3v) is 5.50. The summed E-state index contributed by atoms with van der Waals surface area (Å²) in [6, 6.07) is 14.6. The average molecular weight is 435 g/mol. The molecule has 0 aromatic heterocycles. The summed E-state index contributed by atoms with van der Waals surface area (Å²) < 4.78 is 0. The Morgan fingerprint density at radius 1 is 1.00 bits per heavy atom.